The van der Waals surface area contributed by atoms with E-state index in [9.17, 15) is 4.79 Å². The molecule has 0 aliphatic rings. The summed E-state index contributed by atoms with van der Waals surface area (Å²) in [7, 11) is 0. The average molecular weight is 261 g/mol. The number of nitrogens with two attached hydrogens (primary N) is 1. The number of azide groups is 1. The molecule has 1 rings (SSSR count). The van der Waals surface area contributed by atoms with Gasteiger partial charge in [-0.2, -0.15) is 0 Å². The van der Waals surface area contributed by atoms with E-state index in [0.29, 0.717) is 18.7 Å². The number of carbonyl (C=O) groups excluding carboxylic acids is 1. The number of ether oxygens (including phenoxy) is 1. The fraction of sp³-hybridized carbons (Fsp3) is 0.250. The lowest BCUT2D eigenvalue weighted by Crippen LogP contribution is -2.34. The van der Waals surface area contributed by atoms with Crippen molar-refractivity contribution in [2.24, 2.45) is 11.0 Å². The van der Waals surface area contributed by atoms with Crippen molar-refractivity contribution in [1.82, 2.24) is 5.43 Å². The Hall–Kier alpha value is -2.50. The molecule has 3 N–H and O–H groups in total. The van der Waals surface area contributed by atoms with Crippen molar-refractivity contribution in [2.45, 2.75) is 6.42 Å². The van der Waals surface area contributed by atoms with Crippen LogP contribution >= 0.6 is 0 Å². The molecule has 0 fully saturated rings. The summed E-state index contributed by atoms with van der Waals surface area (Å²) in [4.78, 5) is 13.7. The molecule has 100 valence electrons. The molecule has 0 saturated carbocycles. The Morgan fingerprint density at radius 1 is 1.53 bits per heavy atom. The van der Waals surface area contributed by atoms with E-state index >= 15 is 0 Å². The maximum atomic E-state index is 11.0. The molecular weight excluding hydrogens is 246 g/mol. The molecule has 7 heteroatoms. The van der Waals surface area contributed by atoms with Crippen molar-refractivity contribution in [1.29, 1.82) is 0 Å². The zero-order chi connectivity index (χ0) is 13.9. The maximum absolute atomic E-state index is 11.0. The van der Waals surface area contributed by atoms with Gasteiger partial charge in [0.05, 0.1) is 0 Å². The fourth-order valence-electron chi connectivity index (χ4n) is 1.32. The monoisotopic (exact) mass is 261 g/mol. The van der Waals surface area contributed by atoms with Crippen molar-refractivity contribution >= 4 is 12.0 Å². The van der Waals surface area contributed by atoms with E-state index in [4.69, 9.17) is 16.1 Å². The number of carbonyl (C=O) groups is 1. The van der Waals surface area contributed by atoms with Crippen LogP contribution in [0.2, 0.25) is 0 Å². The normalized spacial score (nSPS) is 9.95. The fourth-order valence-corrected chi connectivity index (χ4v) is 1.32. The van der Waals surface area contributed by atoms with Gasteiger partial charge in [-0.3, -0.25) is 10.2 Å². The molecular formula is C12H15N5O2. The third kappa shape index (κ3) is 5.58. The van der Waals surface area contributed by atoms with Crippen LogP contribution in [0.25, 0.3) is 16.5 Å². The molecule has 0 unspecified atom stereocenters. The van der Waals surface area contributed by atoms with Gasteiger partial charge in [0.25, 0.3) is 5.91 Å². The van der Waals surface area contributed by atoms with Crippen LogP contribution in [0.3, 0.4) is 0 Å². The van der Waals surface area contributed by atoms with Gasteiger partial charge in [-0.25, -0.2) is 5.84 Å². The largest absolute Gasteiger partial charge is 0.483 e. The highest BCUT2D eigenvalue weighted by Gasteiger charge is 2.03. The molecule has 0 bridgehead atoms. The van der Waals surface area contributed by atoms with E-state index < -0.39 is 5.91 Å². The van der Waals surface area contributed by atoms with Gasteiger partial charge in [-0.05, 0) is 18.0 Å². The number of benzene rings is 1. The van der Waals surface area contributed by atoms with Gasteiger partial charge in [-0.15, -0.1) is 0 Å². The lowest BCUT2D eigenvalue weighted by molar-refractivity contribution is -0.123. The smallest absolute Gasteiger partial charge is 0.271 e. The lowest BCUT2D eigenvalue weighted by Gasteiger charge is -2.07. The maximum Gasteiger partial charge on any atom is 0.271 e. The summed E-state index contributed by atoms with van der Waals surface area (Å²) in [6.45, 7) is 0.270. The number of amides is 1. The second-order valence-electron chi connectivity index (χ2n) is 3.54. The molecule has 7 nitrogen and oxygen atoms in total. The number of hydrazine groups is 1. The topological polar surface area (TPSA) is 113 Å². The van der Waals surface area contributed by atoms with Gasteiger partial charge in [0.15, 0.2) is 6.61 Å². The van der Waals surface area contributed by atoms with Gasteiger partial charge in [0.2, 0.25) is 0 Å². The van der Waals surface area contributed by atoms with Crippen LogP contribution in [-0.2, 0) is 4.79 Å². The van der Waals surface area contributed by atoms with Crippen molar-refractivity contribution < 1.29 is 9.53 Å². The first-order valence-electron chi connectivity index (χ1n) is 5.66. The standard InChI is InChI=1S/C12H15N5O2/c13-16-12(18)9-19-11-7-2-1-5-10(11)6-3-4-8-15-17-14/h1-3,5-7H,4,8-9,13H2,(H,16,18). The zero-order valence-electron chi connectivity index (χ0n) is 10.3. The molecule has 0 aliphatic carbocycles. The third-order valence-corrected chi connectivity index (χ3v) is 2.20. The molecule has 0 heterocycles. The highest BCUT2D eigenvalue weighted by atomic mass is 16.5. The van der Waals surface area contributed by atoms with Crippen LogP contribution < -0.4 is 16.0 Å². The van der Waals surface area contributed by atoms with Gasteiger partial charge >= 0.3 is 0 Å². The molecule has 0 atom stereocenters. The van der Waals surface area contributed by atoms with Crippen molar-refractivity contribution in [2.75, 3.05) is 13.2 Å². The molecule has 1 aromatic carbocycles. The Bertz CT molecular complexity index is 495. The summed E-state index contributed by atoms with van der Waals surface area (Å²) in [5.74, 6) is 5.16. The molecule has 0 aromatic heterocycles. The molecule has 0 aliphatic heterocycles. The zero-order valence-corrected chi connectivity index (χ0v) is 10.3. The molecule has 0 radical (unpaired) electrons. The van der Waals surface area contributed by atoms with E-state index in [-0.39, 0.29) is 6.61 Å². The predicted octanol–water partition coefficient (Wildman–Crippen LogP) is 1.77. The lowest BCUT2D eigenvalue weighted by atomic mass is 10.2. The van der Waals surface area contributed by atoms with Crippen LogP contribution in [0.15, 0.2) is 35.5 Å². The predicted molar refractivity (Wildman–Crippen MR) is 71.9 cm³/mol. The first-order valence-corrected chi connectivity index (χ1v) is 5.66. The number of para-hydroxylation sites is 1. The van der Waals surface area contributed by atoms with E-state index in [1.54, 1.807) is 6.07 Å². The minimum absolute atomic E-state index is 0.139. The van der Waals surface area contributed by atoms with E-state index in [1.807, 2.05) is 35.8 Å². The van der Waals surface area contributed by atoms with Crippen molar-refractivity contribution in [3.63, 3.8) is 0 Å². The third-order valence-electron chi connectivity index (χ3n) is 2.20. The highest BCUT2D eigenvalue weighted by Crippen LogP contribution is 2.19. The second-order valence-corrected chi connectivity index (χ2v) is 3.54. The summed E-state index contributed by atoms with van der Waals surface area (Å²) in [5.41, 5.74) is 11.0. The Morgan fingerprint density at radius 2 is 2.32 bits per heavy atom. The Labute approximate surface area is 110 Å². The second kappa shape index (κ2) is 8.57. The summed E-state index contributed by atoms with van der Waals surface area (Å²) in [6, 6.07) is 7.30. The van der Waals surface area contributed by atoms with Gasteiger partial charge in [0, 0.05) is 17.0 Å². The van der Waals surface area contributed by atoms with Gasteiger partial charge in [-0.1, -0.05) is 35.5 Å². The highest BCUT2D eigenvalue weighted by molar-refractivity contribution is 5.77. The van der Waals surface area contributed by atoms with Crippen LogP contribution in [0.4, 0.5) is 0 Å². The first-order chi connectivity index (χ1) is 9.27. The van der Waals surface area contributed by atoms with Crippen LogP contribution in [0.1, 0.15) is 12.0 Å². The number of nitrogens with zero attached hydrogens (tertiary/aromatic N) is 3. The number of nitrogens with one attached hydrogen (secondary N) is 1. The van der Waals surface area contributed by atoms with E-state index in [0.717, 1.165) is 5.56 Å². The Balaban J connectivity index is 2.61. The van der Waals surface area contributed by atoms with Crippen LogP contribution in [0.5, 0.6) is 5.75 Å². The number of hydrogen-bond donors (Lipinski definition) is 2. The minimum Gasteiger partial charge on any atom is -0.483 e. The van der Waals surface area contributed by atoms with Crippen LogP contribution in [0, 0.1) is 0 Å². The van der Waals surface area contributed by atoms with E-state index in [2.05, 4.69) is 10.0 Å². The van der Waals surface area contributed by atoms with Crippen molar-refractivity contribution in [3.8, 4) is 5.75 Å². The molecule has 19 heavy (non-hydrogen) atoms. The Kier molecular flexibility index (Phi) is 6.57. The SMILES string of the molecule is [N-]=[N+]=NCCC=Cc1ccccc1OCC(=O)NN. The summed E-state index contributed by atoms with van der Waals surface area (Å²) < 4.78 is 5.34. The summed E-state index contributed by atoms with van der Waals surface area (Å²) in [5, 5.41) is 3.43. The quantitative estimate of drug-likeness (QED) is 0.148. The molecule has 0 spiro atoms. The molecule has 1 amide bonds. The van der Waals surface area contributed by atoms with Crippen LogP contribution in [-0.4, -0.2) is 19.1 Å². The first kappa shape index (κ1) is 14.6. The van der Waals surface area contributed by atoms with E-state index in [1.165, 1.54) is 0 Å². The summed E-state index contributed by atoms with van der Waals surface area (Å²) in [6.07, 6.45) is 4.37. The minimum atomic E-state index is -0.401. The van der Waals surface area contributed by atoms with Crippen molar-refractivity contribution in [3.05, 3.63) is 46.3 Å². The number of hydrogen-bond acceptors (Lipinski definition) is 4. The number of rotatable bonds is 7. The molecule has 1 aromatic rings. The van der Waals surface area contributed by atoms with Gasteiger partial charge < -0.3 is 4.74 Å². The average Bonchev–Trinajstić information content (AvgIpc) is 2.45. The van der Waals surface area contributed by atoms with Gasteiger partial charge in [0.1, 0.15) is 5.75 Å². The Morgan fingerprint density at radius 3 is 3.05 bits per heavy atom. The molecule has 0 saturated heterocycles. The summed E-state index contributed by atoms with van der Waals surface area (Å²) >= 11 is 0.